The summed E-state index contributed by atoms with van der Waals surface area (Å²) in [4.78, 5) is 0. The highest BCUT2D eigenvalue weighted by Crippen LogP contribution is 2.10. The molecule has 1 heterocycles. The molecule has 2 rings (SSSR count). The first-order valence-electron chi connectivity index (χ1n) is 5.06. The molecule has 0 unspecified atom stereocenters. The highest BCUT2D eigenvalue weighted by atomic mass is 16.6. The Labute approximate surface area is 93.5 Å². The van der Waals surface area contributed by atoms with E-state index in [1.165, 1.54) is 0 Å². The van der Waals surface area contributed by atoms with Crippen LogP contribution in [0.5, 0.6) is 0 Å². The Morgan fingerprint density at radius 2 is 2.12 bits per heavy atom. The van der Waals surface area contributed by atoms with E-state index in [-0.39, 0.29) is 11.9 Å². The van der Waals surface area contributed by atoms with Crippen LogP contribution in [-0.4, -0.2) is 30.4 Å². The molecule has 5 nitrogen and oxygen atoms in total. The maximum absolute atomic E-state index is 8.50. The van der Waals surface area contributed by atoms with Crippen LogP contribution in [0.2, 0.25) is 0 Å². The van der Waals surface area contributed by atoms with Crippen molar-refractivity contribution in [2.75, 3.05) is 13.2 Å². The number of oxime groups is 1. The van der Waals surface area contributed by atoms with Crippen LogP contribution in [0.15, 0.2) is 29.4 Å². The zero-order chi connectivity index (χ0) is 11.4. The van der Waals surface area contributed by atoms with E-state index in [0.29, 0.717) is 25.4 Å². The van der Waals surface area contributed by atoms with Crippen molar-refractivity contribution in [3.8, 4) is 0 Å². The third-order valence-corrected chi connectivity index (χ3v) is 2.45. The first kappa shape index (κ1) is 10.9. The molecule has 0 radical (unpaired) electrons. The van der Waals surface area contributed by atoms with Gasteiger partial charge in [0, 0.05) is 5.56 Å². The van der Waals surface area contributed by atoms with Crippen LogP contribution in [0, 0.1) is 0 Å². The number of rotatable bonds is 4. The largest absolute Gasteiger partial charge is 0.409 e. The summed E-state index contributed by atoms with van der Waals surface area (Å²) in [6, 6.07) is 7.38. The van der Waals surface area contributed by atoms with Crippen molar-refractivity contribution in [1.82, 2.24) is 0 Å². The zero-order valence-corrected chi connectivity index (χ0v) is 8.80. The van der Waals surface area contributed by atoms with Gasteiger partial charge in [0.2, 0.25) is 0 Å². The molecule has 1 aliphatic heterocycles. The van der Waals surface area contributed by atoms with Gasteiger partial charge in [0.25, 0.3) is 0 Å². The molecule has 1 aliphatic rings. The molecule has 0 atom stereocenters. The summed E-state index contributed by atoms with van der Waals surface area (Å²) >= 11 is 0. The summed E-state index contributed by atoms with van der Waals surface area (Å²) in [5, 5.41) is 11.4. The summed E-state index contributed by atoms with van der Waals surface area (Å²) in [6.45, 7) is 1.93. The van der Waals surface area contributed by atoms with Gasteiger partial charge in [-0.3, -0.25) is 0 Å². The Morgan fingerprint density at radius 3 is 2.62 bits per heavy atom. The van der Waals surface area contributed by atoms with Gasteiger partial charge in [-0.1, -0.05) is 29.4 Å². The van der Waals surface area contributed by atoms with Crippen LogP contribution in [0.3, 0.4) is 0 Å². The fourth-order valence-electron chi connectivity index (χ4n) is 1.35. The van der Waals surface area contributed by atoms with Crippen LogP contribution in [0.25, 0.3) is 0 Å². The Kier molecular flexibility index (Phi) is 3.38. The number of benzene rings is 1. The molecular formula is C11H14N2O3. The molecule has 1 aromatic rings. The molecule has 0 aliphatic carbocycles. The number of hydrogen-bond donors (Lipinski definition) is 2. The molecule has 1 aromatic carbocycles. The van der Waals surface area contributed by atoms with Crippen molar-refractivity contribution in [2.24, 2.45) is 10.9 Å². The second kappa shape index (κ2) is 4.96. The first-order chi connectivity index (χ1) is 7.79. The van der Waals surface area contributed by atoms with Gasteiger partial charge in [-0.05, 0) is 5.56 Å². The van der Waals surface area contributed by atoms with Crippen molar-refractivity contribution in [2.45, 2.75) is 12.7 Å². The average Bonchev–Trinajstić information content (AvgIpc) is 2.27. The van der Waals surface area contributed by atoms with Gasteiger partial charge in [0.05, 0.1) is 19.8 Å². The maximum atomic E-state index is 8.50. The molecule has 0 bridgehead atoms. The van der Waals surface area contributed by atoms with Gasteiger partial charge in [0.1, 0.15) is 6.10 Å². The monoisotopic (exact) mass is 222 g/mol. The second-order valence-corrected chi connectivity index (χ2v) is 3.65. The van der Waals surface area contributed by atoms with Gasteiger partial charge >= 0.3 is 0 Å². The molecule has 1 fully saturated rings. The van der Waals surface area contributed by atoms with Crippen molar-refractivity contribution < 1.29 is 14.7 Å². The molecular weight excluding hydrogens is 208 g/mol. The number of nitrogens with two attached hydrogens (primary N) is 1. The SMILES string of the molecule is N/C(=N/O)c1ccc(COC2COC2)cc1. The Bertz CT molecular complexity index is 371. The lowest BCUT2D eigenvalue weighted by atomic mass is 10.1. The predicted octanol–water partition coefficient (Wildman–Crippen LogP) is 0.696. The lowest BCUT2D eigenvalue weighted by molar-refractivity contribution is -0.135. The molecule has 16 heavy (non-hydrogen) atoms. The summed E-state index contributed by atoms with van der Waals surface area (Å²) in [7, 11) is 0. The Hall–Kier alpha value is -1.59. The van der Waals surface area contributed by atoms with Gasteiger partial charge in [-0.2, -0.15) is 0 Å². The molecule has 5 heteroatoms. The minimum Gasteiger partial charge on any atom is -0.409 e. The van der Waals surface area contributed by atoms with Crippen molar-refractivity contribution in [1.29, 1.82) is 0 Å². The second-order valence-electron chi connectivity index (χ2n) is 3.65. The predicted molar refractivity (Wildman–Crippen MR) is 58.3 cm³/mol. The van der Waals surface area contributed by atoms with Crippen LogP contribution in [0.1, 0.15) is 11.1 Å². The third-order valence-electron chi connectivity index (χ3n) is 2.45. The topological polar surface area (TPSA) is 77.1 Å². The van der Waals surface area contributed by atoms with Crippen molar-refractivity contribution >= 4 is 5.84 Å². The Morgan fingerprint density at radius 1 is 1.44 bits per heavy atom. The fraction of sp³-hybridized carbons (Fsp3) is 0.364. The molecule has 3 N–H and O–H groups in total. The number of nitrogens with zero attached hydrogens (tertiary/aromatic N) is 1. The summed E-state index contributed by atoms with van der Waals surface area (Å²) in [6.07, 6.45) is 0.226. The normalized spacial score (nSPS) is 17.1. The van der Waals surface area contributed by atoms with E-state index < -0.39 is 0 Å². The van der Waals surface area contributed by atoms with Gasteiger partial charge < -0.3 is 20.4 Å². The molecule has 0 aromatic heterocycles. The summed E-state index contributed by atoms with van der Waals surface area (Å²) in [5.41, 5.74) is 7.20. The zero-order valence-electron chi connectivity index (χ0n) is 8.80. The van der Waals surface area contributed by atoms with Gasteiger partial charge in [-0.15, -0.1) is 0 Å². The van der Waals surface area contributed by atoms with E-state index in [4.69, 9.17) is 20.4 Å². The van der Waals surface area contributed by atoms with Crippen LogP contribution in [-0.2, 0) is 16.1 Å². The van der Waals surface area contributed by atoms with Crippen molar-refractivity contribution in [3.05, 3.63) is 35.4 Å². The first-order valence-corrected chi connectivity index (χ1v) is 5.06. The maximum Gasteiger partial charge on any atom is 0.170 e. The molecule has 0 amide bonds. The van der Waals surface area contributed by atoms with E-state index in [9.17, 15) is 0 Å². The Balaban J connectivity index is 1.90. The number of ether oxygens (including phenoxy) is 2. The quantitative estimate of drug-likeness (QED) is 0.340. The number of amidine groups is 1. The molecule has 1 saturated heterocycles. The number of hydrogen-bond acceptors (Lipinski definition) is 4. The van der Waals surface area contributed by atoms with E-state index >= 15 is 0 Å². The lowest BCUT2D eigenvalue weighted by Gasteiger charge is -2.25. The molecule has 0 saturated carbocycles. The smallest absolute Gasteiger partial charge is 0.170 e. The summed E-state index contributed by atoms with van der Waals surface area (Å²) < 4.78 is 10.6. The van der Waals surface area contributed by atoms with E-state index in [1.54, 1.807) is 12.1 Å². The highest BCUT2D eigenvalue weighted by Gasteiger charge is 2.18. The fourth-order valence-corrected chi connectivity index (χ4v) is 1.35. The van der Waals surface area contributed by atoms with E-state index in [1.807, 2.05) is 12.1 Å². The van der Waals surface area contributed by atoms with Crippen LogP contribution in [0.4, 0.5) is 0 Å². The van der Waals surface area contributed by atoms with E-state index in [2.05, 4.69) is 5.16 Å². The van der Waals surface area contributed by atoms with E-state index in [0.717, 1.165) is 5.56 Å². The van der Waals surface area contributed by atoms with Gasteiger partial charge in [0.15, 0.2) is 5.84 Å². The van der Waals surface area contributed by atoms with Crippen LogP contribution >= 0.6 is 0 Å². The van der Waals surface area contributed by atoms with Gasteiger partial charge in [-0.25, -0.2) is 0 Å². The highest BCUT2D eigenvalue weighted by molar-refractivity contribution is 5.96. The third kappa shape index (κ3) is 2.50. The van der Waals surface area contributed by atoms with Crippen molar-refractivity contribution in [3.63, 3.8) is 0 Å². The minimum atomic E-state index is 0.111. The molecule has 0 spiro atoms. The lowest BCUT2D eigenvalue weighted by Crippen LogP contribution is -2.35. The summed E-state index contributed by atoms with van der Waals surface area (Å²) in [5.74, 6) is 0.111. The molecule has 86 valence electrons. The standard InChI is InChI=1S/C11H14N2O3/c12-11(13-14)9-3-1-8(2-4-9)5-16-10-6-15-7-10/h1-4,10,14H,5-7H2,(H2,12,13). The minimum absolute atomic E-state index is 0.111. The van der Waals surface area contributed by atoms with Crippen LogP contribution < -0.4 is 5.73 Å². The average molecular weight is 222 g/mol.